The summed E-state index contributed by atoms with van der Waals surface area (Å²) in [5.74, 6) is 0.121. The number of likely N-dealkylation sites (N-methyl/N-ethyl adjacent to an activating group) is 1. The number of fused-ring (bicyclic) bond motifs is 5. The summed E-state index contributed by atoms with van der Waals surface area (Å²) in [5, 5.41) is 32.7. The number of aryl methyl sites for hydroxylation is 1. The van der Waals surface area contributed by atoms with Crippen molar-refractivity contribution in [1.29, 1.82) is 0 Å². The minimum absolute atomic E-state index is 0.00251. The second-order valence-corrected chi connectivity index (χ2v) is 20.9. The topological polar surface area (TPSA) is 189 Å². The lowest BCUT2D eigenvalue weighted by atomic mass is 9.46. The zero-order valence-corrected chi connectivity index (χ0v) is 41.7. The quantitative estimate of drug-likeness (QED) is 0.0167. The number of carbonyl (C=O) groups excluding carboxylic acids is 3. The molecule has 4 N–H and O–H groups in total. The van der Waals surface area contributed by atoms with Crippen LogP contribution in [0.2, 0.25) is 0 Å². The number of quaternary nitrogens is 1. The van der Waals surface area contributed by atoms with Gasteiger partial charge in [-0.1, -0.05) is 74.7 Å². The van der Waals surface area contributed by atoms with Crippen LogP contribution in [0, 0.1) is 34.5 Å². The predicted octanol–water partition coefficient (Wildman–Crippen LogP) is 8.53. The molecule has 0 aliphatic heterocycles. The molecule has 3 fully saturated rings. The van der Waals surface area contributed by atoms with Gasteiger partial charge in [-0.3, -0.25) is 14.5 Å². The molecule has 0 aromatic heterocycles. The molecular weight excluding hydrogens is 888 g/mol. The van der Waals surface area contributed by atoms with Gasteiger partial charge in [-0.05, 0) is 144 Å². The Labute approximate surface area is 404 Å². The number of hydrogen-bond donors (Lipinski definition) is 4. The number of benzene rings is 2. The summed E-state index contributed by atoms with van der Waals surface area (Å²) < 4.78 is 27.7. The molecule has 4 aliphatic carbocycles. The molecule has 0 radical (unpaired) electrons. The van der Waals surface area contributed by atoms with E-state index >= 15 is 0 Å². The average molecular weight is 965 g/mol. The molecule has 4 aliphatic rings. The number of aliphatic hydroxyl groups is 3. The maximum atomic E-state index is 13.8. The van der Waals surface area contributed by atoms with Crippen molar-refractivity contribution in [2.45, 2.75) is 123 Å². The van der Waals surface area contributed by atoms with Crippen LogP contribution in [0.4, 0.5) is 4.79 Å². The molecule has 0 bridgehead atoms. The van der Waals surface area contributed by atoms with Crippen molar-refractivity contribution < 1.29 is 62.7 Å². The number of ketones is 2. The highest BCUT2D eigenvalue weighted by molar-refractivity contribution is 7.31. The van der Waals surface area contributed by atoms with E-state index in [9.17, 15) is 39.2 Å². The van der Waals surface area contributed by atoms with Gasteiger partial charge in [0.05, 0.1) is 30.9 Å². The highest BCUT2D eigenvalue weighted by Gasteiger charge is 2.62. The van der Waals surface area contributed by atoms with Gasteiger partial charge in [0.1, 0.15) is 24.4 Å². The number of nitrogens with zero attached hydrogens (tertiary/aromatic N) is 2. The fraction of sp³-hybridized carbons (Fsp3) is 0.642. The number of hydrogen-bond acceptors (Lipinski definition) is 12. The number of carbonyl (C=O) groups is 3. The lowest BCUT2D eigenvalue weighted by Gasteiger charge is -2.58. The smallest absolute Gasteiger partial charge is 0.428 e. The van der Waals surface area contributed by atoms with Crippen molar-refractivity contribution in [3.8, 4) is 5.75 Å². The summed E-state index contributed by atoms with van der Waals surface area (Å²) in [7, 11) is -3.06. The second kappa shape index (κ2) is 24.8. The van der Waals surface area contributed by atoms with Crippen LogP contribution in [-0.2, 0) is 41.3 Å². The van der Waals surface area contributed by atoms with Gasteiger partial charge < -0.3 is 34.2 Å². The van der Waals surface area contributed by atoms with Crippen LogP contribution in [0.25, 0.3) is 0 Å². The number of rotatable bonds is 27. The molecule has 0 spiro atoms. The van der Waals surface area contributed by atoms with Gasteiger partial charge >= 0.3 is 14.4 Å². The highest BCUT2D eigenvalue weighted by atomic mass is 31.1. The van der Waals surface area contributed by atoms with Gasteiger partial charge in [-0.25, -0.2) is 4.79 Å². The van der Waals surface area contributed by atoms with Crippen LogP contribution < -0.4 is 4.89 Å². The molecule has 14 nitrogen and oxygen atoms in total. The first-order valence-electron chi connectivity index (χ1n) is 25.1. The number of unbranched alkanes of at least 4 members (excludes halogenated alkanes) is 4. The van der Waals surface area contributed by atoms with Crippen molar-refractivity contribution in [1.82, 2.24) is 4.90 Å². The van der Waals surface area contributed by atoms with Crippen molar-refractivity contribution in [2.75, 3.05) is 59.1 Å². The van der Waals surface area contributed by atoms with Crippen molar-refractivity contribution in [3.63, 3.8) is 0 Å². The fourth-order valence-electron chi connectivity index (χ4n) is 12.5. The summed E-state index contributed by atoms with van der Waals surface area (Å²) in [6.07, 6.45) is 13.3. The van der Waals surface area contributed by atoms with Crippen molar-refractivity contribution >= 4 is 26.0 Å². The van der Waals surface area contributed by atoms with Crippen LogP contribution >= 0.6 is 8.25 Å². The van der Waals surface area contributed by atoms with E-state index in [4.69, 9.17) is 19.0 Å². The Kier molecular flexibility index (Phi) is 19.5. The van der Waals surface area contributed by atoms with Crippen LogP contribution in [0.15, 0.2) is 72.3 Å². The molecule has 68 heavy (non-hydrogen) atoms. The maximum absolute atomic E-state index is 13.8. The van der Waals surface area contributed by atoms with E-state index in [1.807, 2.05) is 32.1 Å². The second-order valence-electron chi connectivity index (χ2n) is 20.3. The average Bonchev–Trinajstić information content (AvgIpc) is 3.67. The number of ether oxygens (including phenoxy) is 2. The van der Waals surface area contributed by atoms with Crippen molar-refractivity contribution in [3.05, 3.63) is 89.0 Å². The molecule has 6 rings (SSSR count). The summed E-state index contributed by atoms with van der Waals surface area (Å²) in [6, 6.07) is 15.6. The number of Topliss-reactive ketones (excluding diaryl/α,β-unsaturated/α-hetero) is 1. The molecule has 15 heteroatoms. The summed E-state index contributed by atoms with van der Waals surface area (Å²) in [4.78, 5) is 56.1. The summed E-state index contributed by atoms with van der Waals surface area (Å²) in [5.41, 5.74) is 2.87. The Morgan fingerprint density at radius 1 is 0.956 bits per heavy atom. The third kappa shape index (κ3) is 13.3. The molecule has 374 valence electrons. The zero-order chi connectivity index (χ0) is 48.9. The standard InChI is InChI=1S/C53H76N2O12P/c1-5-55(6-2,29-31-64-51(61)65-37-48(60)45-23-22-44-43-21-20-41-33-42(57)25-26-52(41,3)50(43)46(58)34-53(44,45)4)36-40-32-39(19-24-49(40)66-67-68(62)63)47(59)35-54(27-13-7-8-15-30-56)28-14-12-18-38-16-10-9-11-17-38/h9-11,16-17,19,24-26,32-33,43-47,50,56,58-59H,5-8,12-15,18,20-23,27-31,34-37H2,1-4H3/q+1/p+1/t43-,44?,45?,46-,47?,50?,52-,53-/m0/s1. The molecule has 3 saturated carbocycles. The molecule has 2 aromatic carbocycles. The summed E-state index contributed by atoms with van der Waals surface area (Å²) >= 11 is 0. The normalized spacial score (nSPS) is 26.1. The molecule has 2 aromatic rings. The summed E-state index contributed by atoms with van der Waals surface area (Å²) in [6.45, 7) is 12.1. The minimum atomic E-state index is -3.06. The van der Waals surface area contributed by atoms with Gasteiger partial charge in [-0.2, -0.15) is 0 Å². The van der Waals surface area contributed by atoms with Crippen LogP contribution in [-0.4, -0.2) is 113 Å². The SMILES string of the molecule is CC[N+](CC)(CCOC(=O)OCC(=O)C1CCC2[C@@H]3CCC4=CC(=O)C=C[C@]4(C)C3[C@@H](O)C[C@]12C)Cc1cc(C(O)CN(CCCCCCO)CCCCc2ccccc2)ccc1OO[P+](=O)O. The Hall–Kier alpha value is -3.85. The van der Waals surface area contributed by atoms with Gasteiger partial charge in [0.15, 0.2) is 23.9 Å². The van der Waals surface area contributed by atoms with E-state index in [2.05, 4.69) is 43.0 Å². The monoisotopic (exact) mass is 965 g/mol. The molecule has 0 heterocycles. The van der Waals surface area contributed by atoms with Crippen LogP contribution in [0.5, 0.6) is 5.75 Å². The van der Waals surface area contributed by atoms with Gasteiger partial charge in [0.25, 0.3) is 0 Å². The molecule has 0 amide bonds. The Morgan fingerprint density at radius 3 is 2.41 bits per heavy atom. The van der Waals surface area contributed by atoms with Crippen LogP contribution in [0.3, 0.4) is 0 Å². The number of aliphatic hydroxyl groups excluding tert-OH is 3. The van der Waals surface area contributed by atoms with Gasteiger partial charge in [0, 0.05) is 35.0 Å². The third-order valence-electron chi connectivity index (χ3n) is 16.4. The van der Waals surface area contributed by atoms with E-state index in [1.54, 1.807) is 24.3 Å². The first kappa shape index (κ1) is 53.5. The van der Waals surface area contributed by atoms with Gasteiger partial charge in [0.2, 0.25) is 0 Å². The maximum Gasteiger partial charge on any atom is 0.735 e. The Morgan fingerprint density at radius 2 is 1.69 bits per heavy atom. The minimum Gasteiger partial charge on any atom is -0.428 e. The van der Waals surface area contributed by atoms with Gasteiger partial charge in [-0.15, -0.1) is 4.89 Å². The van der Waals surface area contributed by atoms with Crippen molar-refractivity contribution in [2.24, 2.45) is 34.5 Å². The Bertz CT molecular complexity index is 2080. The third-order valence-corrected chi connectivity index (χ3v) is 16.6. The van der Waals surface area contributed by atoms with E-state index < -0.39 is 38.6 Å². The van der Waals surface area contributed by atoms with Crippen LogP contribution in [0.1, 0.15) is 121 Å². The molecule has 5 unspecified atom stereocenters. The molecule has 0 saturated heterocycles. The first-order valence-corrected chi connectivity index (χ1v) is 26.3. The molecule has 9 atom stereocenters. The van der Waals surface area contributed by atoms with E-state index in [0.29, 0.717) is 61.2 Å². The lowest BCUT2D eigenvalue weighted by molar-refractivity contribution is -0.937. The fourth-order valence-corrected chi connectivity index (χ4v) is 12.6. The lowest BCUT2D eigenvalue weighted by Crippen LogP contribution is -2.56. The Balaban J connectivity index is 1.04. The zero-order valence-electron chi connectivity index (χ0n) is 40.8. The van der Waals surface area contributed by atoms with E-state index in [0.717, 1.165) is 82.9 Å². The number of allylic oxidation sites excluding steroid dienone is 4. The molecular formula is C53H77N2O12P+2. The van der Waals surface area contributed by atoms with E-state index in [1.165, 1.54) is 5.56 Å². The predicted molar refractivity (Wildman–Crippen MR) is 258 cm³/mol. The van der Waals surface area contributed by atoms with E-state index in [-0.39, 0.29) is 59.6 Å². The largest absolute Gasteiger partial charge is 0.735 e. The first-order chi connectivity index (χ1) is 32.6. The highest BCUT2D eigenvalue weighted by Crippen LogP contribution is 2.66.